The highest BCUT2D eigenvalue weighted by atomic mass is 32.1. The topological polar surface area (TPSA) is 99.4 Å². The Morgan fingerprint density at radius 1 is 1.27 bits per heavy atom. The number of nitrogens with zero attached hydrogens (tertiary/aromatic N) is 3. The van der Waals surface area contributed by atoms with Crippen LogP contribution in [-0.2, 0) is 6.18 Å². The molecule has 0 fully saturated rings. The second kappa shape index (κ2) is 5.26. The lowest BCUT2D eigenvalue weighted by atomic mass is 10.3. The number of alkyl halides is 3. The third-order valence-electron chi connectivity index (χ3n) is 2.58. The van der Waals surface area contributed by atoms with Gasteiger partial charge in [-0.05, 0) is 17.5 Å². The van der Waals surface area contributed by atoms with Crippen LogP contribution in [0.25, 0.3) is 10.6 Å². The normalized spacial score (nSPS) is 11.6. The van der Waals surface area contributed by atoms with Gasteiger partial charge in [0.2, 0.25) is 11.8 Å². The van der Waals surface area contributed by atoms with E-state index in [-0.39, 0.29) is 5.69 Å². The number of thiophene rings is 1. The van der Waals surface area contributed by atoms with Crippen molar-refractivity contribution in [3.05, 3.63) is 35.1 Å². The largest absolute Gasteiger partial charge is 0.451 e. The average molecular weight is 328 g/mol. The first-order valence-electron chi connectivity index (χ1n) is 5.84. The fraction of sp³-hybridized carbons (Fsp3) is 0.0909. The van der Waals surface area contributed by atoms with Crippen LogP contribution in [0.15, 0.2) is 23.6 Å². The van der Waals surface area contributed by atoms with E-state index in [4.69, 9.17) is 0 Å². The van der Waals surface area contributed by atoms with E-state index >= 15 is 0 Å². The van der Waals surface area contributed by atoms with E-state index in [9.17, 15) is 18.0 Å². The van der Waals surface area contributed by atoms with Gasteiger partial charge < -0.3 is 0 Å². The number of anilines is 1. The minimum atomic E-state index is -4.66. The molecule has 3 aromatic heterocycles. The first kappa shape index (κ1) is 14.3. The van der Waals surface area contributed by atoms with Crippen LogP contribution in [0.5, 0.6) is 0 Å². The molecule has 3 aromatic rings. The standard InChI is InChI=1S/C11H7F3N6OS/c12-11(13,14)9-16-10(20-19-9)15-8(21)6-4-5(17-18-6)7-2-1-3-22-7/h1-4H,(H,17,18)(H2,15,16,19,20,21). The number of aromatic nitrogens is 5. The van der Waals surface area contributed by atoms with Crippen molar-refractivity contribution in [2.75, 3.05) is 5.32 Å². The van der Waals surface area contributed by atoms with Gasteiger partial charge in [0.15, 0.2) is 5.69 Å². The molecular weight excluding hydrogens is 321 g/mol. The van der Waals surface area contributed by atoms with E-state index in [0.717, 1.165) is 4.88 Å². The first-order valence-corrected chi connectivity index (χ1v) is 6.71. The molecule has 0 saturated carbocycles. The van der Waals surface area contributed by atoms with Crippen molar-refractivity contribution >= 4 is 23.2 Å². The second-order valence-electron chi connectivity index (χ2n) is 4.10. The summed E-state index contributed by atoms with van der Waals surface area (Å²) in [5.41, 5.74) is 0.646. The third-order valence-corrected chi connectivity index (χ3v) is 3.48. The number of amides is 1. The van der Waals surface area contributed by atoms with Crippen LogP contribution in [0.1, 0.15) is 16.3 Å². The van der Waals surface area contributed by atoms with Crippen molar-refractivity contribution in [3.63, 3.8) is 0 Å². The van der Waals surface area contributed by atoms with Crippen molar-refractivity contribution < 1.29 is 18.0 Å². The van der Waals surface area contributed by atoms with E-state index in [2.05, 4.69) is 25.6 Å². The van der Waals surface area contributed by atoms with Gasteiger partial charge in [-0.1, -0.05) is 6.07 Å². The highest BCUT2D eigenvalue weighted by Crippen LogP contribution is 2.26. The molecule has 0 bridgehead atoms. The highest BCUT2D eigenvalue weighted by Gasteiger charge is 2.35. The predicted molar refractivity (Wildman–Crippen MR) is 71.2 cm³/mol. The Kier molecular flexibility index (Phi) is 3.41. The molecule has 3 heterocycles. The van der Waals surface area contributed by atoms with Gasteiger partial charge >= 0.3 is 6.18 Å². The highest BCUT2D eigenvalue weighted by molar-refractivity contribution is 7.13. The smallest absolute Gasteiger partial charge is 0.288 e. The molecule has 3 rings (SSSR count). The summed E-state index contributed by atoms with van der Waals surface area (Å²) < 4.78 is 37.1. The quantitative estimate of drug-likeness (QED) is 0.688. The molecule has 0 saturated heterocycles. The van der Waals surface area contributed by atoms with E-state index in [0.29, 0.717) is 5.69 Å². The number of H-pyrrole nitrogens is 2. The molecule has 3 N–H and O–H groups in total. The van der Waals surface area contributed by atoms with Crippen LogP contribution in [0, 0.1) is 0 Å². The molecule has 0 atom stereocenters. The number of rotatable bonds is 3. The van der Waals surface area contributed by atoms with Crippen LogP contribution in [0.2, 0.25) is 0 Å². The molecule has 114 valence electrons. The van der Waals surface area contributed by atoms with Crippen LogP contribution < -0.4 is 5.32 Å². The maximum absolute atomic E-state index is 12.4. The molecule has 7 nitrogen and oxygen atoms in total. The Labute approximate surface area is 124 Å². The summed E-state index contributed by atoms with van der Waals surface area (Å²) in [6.45, 7) is 0. The van der Waals surface area contributed by atoms with Gasteiger partial charge in [0.25, 0.3) is 5.91 Å². The molecule has 0 aliphatic rings. The monoisotopic (exact) mass is 328 g/mol. The molecule has 0 aromatic carbocycles. The Morgan fingerprint density at radius 3 is 2.73 bits per heavy atom. The van der Waals surface area contributed by atoms with Gasteiger partial charge in [0.1, 0.15) is 0 Å². The molecule has 0 spiro atoms. The predicted octanol–water partition coefficient (Wildman–Crippen LogP) is 2.53. The summed E-state index contributed by atoms with van der Waals surface area (Å²) in [7, 11) is 0. The lowest BCUT2D eigenvalue weighted by Crippen LogP contribution is -2.14. The van der Waals surface area contributed by atoms with E-state index in [1.807, 2.05) is 17.5 Å². The molecule has 22 heavy (non-hydrogen) atoms. The number of carbonyl (C=O) groups is 1. The van der Waals surface area contributed by atoms with Crippen molar-refractivity contribution in [3.8, 4) is 10.6 Å². The van der Waals surface area contributed by atoms with E-state index in [1.165, 1.54) is 17.4 Å². The first-order chi connectivity index (χ1) is 10.4. The lowest BCUT2D eigenvalue weighted by Gasteiger charge is -1.98. The molecular formula is C11H7F3N6OS. The second-order valence-corrected chi connectivity index (χ2v) is 5.05. The number of hydrogen-bond donors (Lipinski definition) is 3. The Balaban J connectivity index is 1.74. The van der Waals surface area contributed by atoms with E-state index < -0.39 is 23.9 Å². The van der Waals surface area contributed by atoms with Crippen LogP contribution >= 0.6 is 11.3 Å². The maximum Gasteiger partial charge on any atom is 0.451 e. The number of carbonyl (C=O) groups excluding carboxylic acids is 1. The Bertz CT molecular complexity index is 791. The number of hydrogen-bond acceptors (Lipinski definition) is 5. The molecule has 1 amide bonds. The molecule has 0 radical (unpaired) electrons. The minimum absolute atomic E-state index is 0.0155. The molecule has 0 aliphatic carbocycles. The lowest BCUT2D eigenvalue weighted by molar-refractivity contribution is -0.144. The minimum Gasteiger partial charge on any atom is -0.288 e. The van der Waals surface area contributed by atoms with Crippen molar-refractivity contribution in [1.29, 1.82) is 0 Å². The van der Waals surface area contributed by atoms with Crippen LogP contribution in [0.4, 0.5) is 19.1 Å². The van der Waals surface area contributed by atoms with Crippen molar-refractivity contribution in [2.24, 2.45) is 0 Å². The van der Waals surface area contributed by atoms with Crippen LogP contribution in [-0.4, -0.2) is 31.3 Å². The zero-order chi connectivity index (χ0) is 15.7. The summed E-state index contributed by atoms with van der Waals surface area (Å²) in [4.78, 5) is 15.9. The van der Waals surface area contributed by atoms with Crippen molar-refractivity contribution in [1.82, 2.24) is 25.4 Å². The average Bonchev–Trinajstić information content (AvgIpc) is 3.18. The SMILES string of the molecule is O=C(Nc1n[nH]c(C(F)(F)F)n1)c1cc(-c2cccs2)[nH]n1. The zero-order valence-electron chi connectivity index (χ0n) is 10.6. The zero-order valence-corrected chi connectivity index (χ0v) is 11.4. The third kappa shape index (κ3) is 2.83. The van der Waals surface area contributed by atoms with Gasteiger partial charge in [-0.3, -0.25) is 20.3 Å². The van der Waals surface area contributed by atoms with Crippen LogP contribution in [0.3, 0.4) is 0 Å². The Hall–Kier alpha value is -2.69. The van der Waals surface area contributed by atoms with Gasteiger partial charge in [0.05, 0.1) is 10.6 Å². The Morgan fingerprint density at radius 2 is 2.09 bits per heavy atom. The van der Waals surface area contributed by atoms with Crippen molar-refractivity contribution in [2.45, 2.75) is 6.18 Å². The van der Waals surface area contributed by atoms with Gasteiger partial charge in [-0.2, -0.15) is 23.3 Å². The summed E-state index contributed by atoms with van der Waals surface area (Å²) >= 11 is 1.45. The maximum atomic E-state index is 12.4. The number of nitrogens with one attached hydrogen (secondary N) is 3. The fourth-order valence-corrected chi connectivity index (χ4v) is 2.30. The molecule has 0 aliphatic heterocycles. The summed E-state index contributed by atoms with van der Waals surface area (Å²) in [5, 5.41) is 15.5. The van der Waals surface area contributed by atoms with E-state index in [1.54, 1.807) is 5.10 Å². The molecule has 0 unspecified atom stereocenters. The van der Waals surface area contributed by atoms with Gasteiger partial charge in [-0.25, -0.2) is 0 Å². The summed E-state index contributed by atoms with van der Waals surface area (Å²) in [6.07, 6.45) is -4.66. The summed E-state index contributed by atoms with van der Waals surface area (Å²) in [6, 6.07) is 5.16. The number of halogens is 3. The number of aromatic amines is 2. The fourth-order valence-electron chi connectivity index (χ4n) is 1.61. The van der Waals surface area contributed by atoms with Gasteiger partial charge in [0, 0.05) is 0 Å². The van der Waals surface area contributed by atoms with Gasteiger partial charge in [-0.15, -0.1) is 16.4 Å². The molecule has 11 heteroatoms. The summed E-state index contributed by atoms with van der Waals surface area (Å²) in [5.74, 6) is -2.48.